The zero-order valence-electron chi connectivity index (χ0n) is 9.48. The summed E-state index contributed by atoms with van der Waals surface area (Å²) in [7, 11) is -1.01. The molecule has 0 amide bonds. The van der Waals surface area contributed by atoms with Crippen LogP contribution in [0.2, 0.25) is 18.1 Å². The van der Waals surface area contributed by atoms with Crippen LogP contribution in [0.5, 0.6) is 0 Å². The Bertz CT molecular complexity index is 98.1. The molecule has 0 spiro atoms. The minimum absolute atomic E-state index is 1.01. The van der Waals surface area contributed by atoms with Crippen molar-refractivity contribution in [2.24, 2.45) is 0 Å². The zero-order valence-corrected chi connectivity index (χ0v) is 10.5. The molecule has 0 radical (unpaired) electrons. The Hall–Kier alpha value is 0.177. The van der Waals surface area contributed by atoms with Crippen molar-refractivity contribution >= 4 is 8.24 Å². The van der Waals surface area contributed by atoms with E-state index in [0.29, 0.717) is 0 Å². The highest BCUT2D eigenvalue weighted by Crippen LogP contribution is 2.24. The molecular weight excluding hydrogens is 162 g/mol. The van der Waals surface area contributed by atoms with E-state index in [-0.39, 0.29) is 0 Å². The molecule has 0 aromatic rings. The van der Waals surface area contributed by atoms with E-state index in [2.05, 4.69) is 39.2 Å². The summed E-state index contributed by atoms with van der Waals surface area (Å²) >= 11 is 0. The lowest BCUT2D eigenvalue weighted by molar-refractivity contribution is 0.456. The van der Waals surface area contributed by atoms with Gasteiger partial charge in [-0.2, -0.15) is 0 Å². The van der Waals surface area contributed by atoms with Crippen molar-refractivity contribution in [3.8, 4) is 0 Å². The highest BCUT2D eigenvalue weighted by molar-refractivity contribution is 6.77. The second kappa shape index (κ2) is 5.76. The number of hydrogen-bond donors (Lipinski definition) is 0. The fourth-order valence-electron chi connectivity index (χ4n) is 2.32. The van der Waals surface area contributed by atoms with Gasteiger partial charge < -0.3 is 4.57 Å². The summed E-state index contributed by atoms with van der Waals surface area (Å²) in [6.07, 6.45) is 0. The lowest BCUT2D eigenvalue weighted by Gasteiger charge is -2.39. The highest BCUT2D eigenvalue weighted by atomic mass is 28.3. The van der Waals surface area contributed by atoms with Gasteiger partial charge in [-0.15, -0.1) is 0 Å². The predicted octanol–water partition coefficient (Wildman–Crippen LogP) is 3.33. The minimum atomic E-state index is -1.01. The molecule has 0 unspecified atom stereocenters. The van der Waals surface area contributed by atoms with E-state index in [1.54, 1.807) is 0 Å². The van der Waals surface area contributed by atoms with E-state index in [4.69, 9.17) is 0 Å². The summed E-state index contributed by atoms with van der Waals surface area (Å²) in [6, 6.07) is 4.26. The molecule has 74 valence electrons. The van der Waals surface area contributed by atoms with Crippen LogP contribution in [0.4, 0.5) is 0 Å². The summed E-state index contributed by atoms with van der Waals surface area (Å²) in [5.41, 5.74) is 0. The average Bonchev–Trinajstić information content (AvgIpc) is 2.14. The van der Waals surface area contributed by atoms with Crippen LogP contribution in [0.3, 0.4) is 0 Å². The quantitative estimate of drug-likeness (QED) is 0.577. The third-order valence-corrected chi connectivity index (χ3v) is 9.33. The molecule has 0 aliphatic heterocycles. The van der Waals surface area contributed by atoms with Gasteiger partial charge in [0.05, 0.1) is 0 Å². The van der Waals surface area contributed by atoms with Gasteiger partial charge in [0.15, 0.2) is 0 Å². The van der Waals surface area contributed by atoms with Gasteiger partial charge in [-0.1, -0.05) is 34.6 Å². The van der Waals surface area contributed by atoms with Crippen LogP contribution in [0, 0.1) is 0 Å². The Morgan fingerprint density at radius 1 is 0.750 bits per heavy atom. The van der Waals surface area contributed by atoms with Crippen molar-refractivity contribution in [2.45, 2.75) is 52.8 Å². The average molecular weight is 187 g/mol. The summed E-state index contributed by atoms with van der Waals surface area (Å²) < 4.78 is 2.74. The van der Waals surface area contributed by atoms with Crippen LogP contribution in [0.1, 0.15) is 34.6 Å². The highest BCUT2D eigenvalue weighted by Gasteiger charge is 2.32. The summed E-state index contributed by atoms with van der Waals surface area (Å²) in [5.74, 6) is 0. The maximum absolute atomic E-state index is 2.74. The van der Waals surface area contributed by atoms with Gasteiger partial charge in [-0.05, 0) is 31.2 Å². The fraction of sp³-hybridized carbons (Fsp3) is 1.00. The van der Waals surface area contributed by atoms with Crippen LogP contribution in [-0.4, -0.2) is 25.9 Å². The first kappa shape index (κ1) is 12.2. The second-order valence-corrected chi connectivity index (χ2v) is 8.66. The van der Waals surface area contributed by atoms with E-state index < -0.39 is 8.24 Å². The van der Waals surface area contributed by atoms with Gasteiger partial charge in [0, 0.05) is 0 Å². The van der Waals surface area contributed by atoms with Gasteiger partial charge in [0.2, 0.25) is 0 Å². The Morgan fingerprint density at radius 3 is 1.17 bits per heavy atom. The molecule has 12 heavy (non-hydrogen) atoms. The lowest BCUT2D eigenvalue weighted by atomic mass is 10.7. The molecule has 0 rings (SSSR count). The van der Waals surface area contributed by atoms with Crippen molar-refractivity contribution in [1.29, 1.82) is 0 Å². The maximum Gasteiger partial charge on any atom is 0.127 e. The number of nitrogens with zero attached hydrogens (tertiary/aromatic N) is 1. The molecule has 0 bridgehead atoms. The van der Waals surface area contributed by atoms with E-state index in [9.17, 15) is 0 Å². The largest absolute Gasteiger partial charge is 0.324 e. The van der Waals surface area contributed by atoms with Crippen LogP contribution in [-0.2, 0) is 0 Å². The first-order valence-electron chi connectivity index (χ1n) is 5.45. The molecule has 0 fully saturated rings. The summed E-state index contributed by atoms with van der Waals surface area (Å²) in [6.45, 7) is 14.2. The van der Waals surface area contributed by atoms with Gasteiger partial charge in [-0.25, -0.2) is 0 Å². The van der Waals surface area contributed by atoms with Crippen LogP contribution in [0.15, 0.2) is 0 Å². The monoisotopic (exact) mass is 187 g/mol. The fourth-order valence-corrected chi connectivity index (χ4v) is 6.50. The Morgan fingerprint density at radius 2 is 1.08 bits per heavy atom. The van der Waals surface area contributed by atoms with E-state index in [0.717, 1.165) is 0 Å². The van der Waals surface area contributed by atoms with Gasteiger partial charge in [0.25, 0.3) is 0 Å². The normalized spacial score (nSPS) is 12.5. The summed E-state index contributed by atoms with van der Waals surface area (Å²) in [5, 5.41) is 0. The second-order valence-electron chi connectivity index (χ2n) is 3.46. The molecular formula is C10H25NSi. The van der Waals surface area contributed by atoms with Crippen molar-refractivity contribution < 1.29 is 0 Å². The van der Waals surface area contributed by atoms with Crippen LogP contribution >= 0.6 is 0 Å². The first-order chi connectivity index (χ1) is 5.70. The molecule has 0 heterocycles. The standard InChI is InChI=1S/C10H25NSi/c1-6-11(7-2)12(8-3,9-4)10-5/h6-10H2,1-5H3. The summed E-state index contributed by atoms with van der Waals surface area (Å²) in [4.78, 5) is 0. The van der Waals surface area contributed by atoms with Gasteiger partial charge in [-0.3, -0.25) is 0 Å². The van der Waals surface area contributed by atoms with E-state index >= 15 is 0 Å². The molecule has 0 saturated heterocycles. The van der Waals surface area contributed by atoms with Crippen molar-refractivity contribution in [1.82, 2.24) is 4.57 Å². The number of hydrogen-bond acceptors (Lipinski definition) is 1. The van der Waals surface area contributed by atoms with Crippen molar-refractivity contribution in [3.05, 3.63) is 0 Å². The Balaban J connectivity index is 4.42. The zero-order chi connectivity index (χ0) is 9.61. The van der Waals surface area contributed by atoms with Gasteiger partial charge >= 0.3 is 0 Å². The molecule has 0 aromatic carbocycles. The topological polar surface area (TPSA) is 3.24 Å². The molecule has 0 atom stereocenters. The van der Waals surface area contributed by atoms with Crippen LogP contribution in [0.25, 0.3) is 0 Å². The lowest BCUT2D eigenvalue weighted by Crippen LogP contribution is -2.51. The molecule has 0 aliphatic rings. The third kappa shape index (κ3) is 2.33. The molecule has 0 saturated carbocycles. The van der Waals surface area contributed by atoms with Crippen molar-refractivity contribution in [3.63, 3.8) is 0 Å². The Kier molecular flexibility index (Phi) is 5.84. The van der Waals surface area contributed by atoms with Crippen LogP contribution < -0.4 is 0 Å². The molecule has 0 N–H and O–H groups in total. The third-order valence-electron chi connectivity index (χ3n) is 3.41. The maximum atomic E-state index is 2.74. The SMILES string of the molecule is CCN(CC)[Si](CC)(CC)CC. The smallest absolute Gasteiger partial charge is 0.127 e. The predicted molar refractivity (Wildman–Crippen MR) is 60.1 cm³/mol. The molecule has 0 aliphatic carbocycles. The Labute approximate surface area is 79.2 Å². The van der Waals surface area contributed by atoms with Gasteiger partial charge in [0.1, 0.15) is 8.24 Å². The minimum Gasteiger partial charge on any atom is -0.324 e. The van der Waals surface area contributed by atoms with E-state index in [1.165, 1.54) is 31.2 Å². The molecule has 0 aromatic heterocycles. The van der Waals surface area contributed by atoms with E-state index in [1.807, 2.05) is 0 Å². The number of rotatable bonds is 6. The first-order valence-corrected chi connectivity index (χ1v) is 8.02. The molecule has 1 nitrogen and oxygen atoms in total. The molecule has 2 heteroatoms. The van der Waals surface area contributed by atoms with Crippen molar-refractivity contribution in [2.75, 3.05) is 13.1 Å².